The van der Waals surface area contributed by atoms with Crippen molar-refractivity contribution >= 4 is 92.0 Å². The van der Waals surface area contributed by atoms with Crippen LogP contribution < -0.4 is 0 Å². The summed E-state index contributed by atoms with van der Waals surface area (Å²) in [6, 6.07) is 48.1. The Morgan fingerprint density at radius 1 is 0.540 bits per heavy atom. The third-order valence-corrected chi connectivity index (χ3v) is 12.2. The molecule has 0 bridgehead atoms. The number of nitrogens with zero attached hydrogens (tertiary/aromatic N) is 6. The molecule has 0 amide bonds. The first-order valence-corrected chi connectivity index (χ1v) is 22.5. The van der Waals surface area contributed by atoms with E-state index in [9.17, 15) is 8.78 Å². The van der Waals surface area contributed by atoms with Gasteiger partial charge < -0.3 is 0 Å². The van der Waals surface area contributed by atoms with Gasteiger partial charge in [-0.2, -0.15) is 10.2 Å². The van der Waals surface area contributed by atoms with Gasteiger partial charge in [-0.15, -0.1) is 12.6 Å². The van der Waals surface area contributed by atoms with Gasteiger partial charge in [-0.3, -0.25) is 0 Å². The highest BCUT2D eigenvalue weighted by atomic mass is 127. The second-order valence-corrected chi connectivity index (χ2v) is 18.0. The van der Waals surface area contributed by atoms with E-state index in [1.807, 2.05) is 85.2 Å². The topological polar surface area (TPSA) is 61.4 Å². The first kappa shape index (κ1) is 44.1. The molecule has 4 heterocycles. The molecule has 63 heavy (non-hydrogen) atoms. The Balaban J connectivity index is 0.000000150. The van der Waals surface area contributed by atoms with Gasteiger partial charge in [0, 0.05) is 43.0 Å². The summed E-state index contributed by atoms with van der Waals surface area (Å²) in [5.74, 6) is -0.536. The van der Waals surface area contributed by atoms with Gasteiger partial charge in [-0.1, -0.05) is 70.4 Å². The molecule has 0 N–H and O–H groups in total. The van der Waals surface area contributed by atoms with Crippen molar-refractivity contribution < 1.29 is 8.78 Å². The fourth-order valence-electron chi connectivity index (χ4n) is 6.41. The van der Waals surface area contributed by atoms with E-state index in [2.05, 4.69) is 90.6 Å². The Hall–Kier alpha value is -5.57. The maximum Gasteiger partial charge on any atom is 0.125 e. The van der Waals surface area contributed by atoms with Gasteiger partial charge in [0.05, 0.1) is 42.3 Å². The van der Waals surface area contributed by atoms with Crippen molar-refractivity contribution in [1.29, 1.82) is 0 Å². The minimum atomic E-state index is -0.279. The lowest BCUT2D eigenvalue weighted by Gasteiger charge is -2.05. The molecule has 10 aromatic rings. The van der Waals surface area contributed by atoms with Gasteiger partial charge in [-0.25, -0.2) is 28.1 Å². The molecule has 0 aliphatic rings. The van der Waals surface area contributed by atoms with Crippen LogP contribution in [-0.2, 0) is 0 Å². The fourth-order valence-corrected chi connectivity index (χ4v) is 8.38. The number of pyridine rings is 2. The van der Waals surface area contributed by atoms with E-state index in [1.54, 1.807) is 45.4 Å². The number of rotatable bonds is 6. The van der Waals surface area contributed by atoms with Crippen LogP contribution in [0.3, 0.4) is 0 Å². The molecular formula is C50H35Cl2F2IN6S2. The van der Waals surface area contributed by atoms with Crippen LogP contribution in [-0.4, -0.2) is 29.5 Å². The van der Waals surface area contributed by atoms with E-state index >= 15 is 0 Å². The van der Waals surface area contributed by atoms with E-state index < -0.39 is 0 Å². The summed E-state index contributed by atoms with van der Waals surface area (Å²) >= 11 is 19.5. The number of fused-ring (bicyclic) bond motifs is 2. The molecular weight excluding hydrogens is 985 g/mol. The molecule has 0 saturated heterocycles. The number of halogens is 5. The zero-order valence-electron chi connectivity index (χ0n) is 33.6. The summed E-state index contributed by atoms with van der Waals surface area (Å²) < 4.78 is 31.0. The van der Waals surface area contributed by atoms with Gasteiger partial charge in [0.15, 0.2) is 0 Å². The molecule has 0 radical (unpaired) electrons. The number of hydrogen-bond donors (Lipinski definition) is 1. The number of thiol groups is 1. The Labute approximate surface area is 396 Å². The lowest BCUT2D eigenvalue weighted by molar-refractivity contribution is 0.626. The summed E-state index contributed by atoms with van der Waals surface area (Å²) in [5.41, 5.74) is 9.08. The van der Waals surface area contributed by atoms with Gasteiger partial charge >= 0.3 is 0 Å². The van der Waals surface area contributed by atoms with Crippen molar-refractivity contribution in [2.45, 2.75) is 28.5 Å². The number of aryl methyl sites for hydroxylation is 2. The second-order valence-electron chi connectivity index (χ2n) is 14.3. The molecule has 0 spiro atoms. The Morgan fingerprint density at radius 3 is 1.51 bits per heavy atom. The van der Waals surface area contributed by atoms with Crippen LogP contribution >= 0.6 is 70.2 Å². The van der Waals surface area contributed by atoms with Gasteiger partial charge in [0.25, 0.3) is 0 Å². The Morgan fingerprint density at radius 2 is 1.00 bits per heavy atom. The molecule has 4 aromatic heterocycles. The van der Waals surface area contributed by atoms with Gasteiger partial charge in [-0.05, 0) is 170 Å². The smallest absolute Gasteiger partial charge is 0.125 e. The molecule has 10 rings (SSSR count). The Kier molecular flexibility index (Phi) is 13.9. The molecule has 0 saturated carbocycles. The predicted octanol–water partition coefficient (Wildman–Crippen LogP) is 15.1. The van der Waals surface area contributed by atoms with E-state index in [1.165, 1.54) is 35.4 Å². The summed E-state index contributed by atoms with van der Waals surface area (Å²) in [6.45, 7) is 4.14. The standard InChI is InChI=1S/C25H17ClFN3S.C19H13FIN3.C6H5ClS/c1-16-2-12-22-17(14-16)3-13-23(28-22)25-24(31-21-10-4-18(26)5-11-21)15-30(29-25)20-8-6-19(27)7-9-20;1-12-2-8-17-13(10-12)3-9-18(22-17)19-16(21)11-24(23-19)15-6-4-14(20)5-7-15;7-5-1-3-6(8)4-2-5/h2-15H,1H3;2-11H,1H3;1-4,8H. The zero-order valence-corrected chi connectivity index (χ0v) is 39.0. The van der Waals surface area contributed by atoms with Crippen molar-refractivity contribution in [2.24, 2.45) is 0 Å². The average Bonchev–Trinajstić information content (AvgIpc) is 3.89. The molecule has 0 atom stereocenters. The van der Waals surface area contributed by atoms with Gasteiger partial charge in [0.1, 0.15) is 23.0 Å². The van der Waals surface area contributed by atoms with E-state index in [0.29, 0.717) is 5.02 Å². The minimum absolute atomic E-state index is 0.257. The quantitative estimate of drug-likeness (QED) is 0.133. The monoisotopic (exact) mass is 1020 g/mol. The summed E-state index contributed by atoms with van der Waals surface area (Å²) in [5, 5.41) is 13.1. The second kappa shape index (κ2) is 19.9. The lowest BCUT2D eigenvalue weighted by atomic mass is 10.1. The summed E-state index contributed by atoms with van der Waals surface area (Å²) in [7, 11) is 0. The number of aromatic nitrogens is 6. The van der Waals surface area contributed by atoms with Crippen LogP contribution in [0.2, 0.25) is 10.0 Å². The van der Waals surface area contributed by atoms with Crippen LogP contribution in [0.15, 0.2) is 185 Å². The SMILES string of the molecule is Cc1ccc2nc(-c3nn(-c4ccc(F)cc4)cc3I)ccc2c1.Cc1ccc2nc(-c3nn(-c4ccc(F)cc4)cc3Sc3ccc(Cl)cc3)ccc2c1.Sc1ccc(Cl)cc1. The minimum Gasteiger partial charge on any atom is -0.246 e. The third-order valence-electron chi connectivity index (χ3n) is 9.58. The van der Waals surface area contributed by atoms with Crippen molar-refractivity contribution in [1.82, 2.24) is 29.5 Å². The summed E-state index contributed by atoms with van der Waals surface area (Å²) in [6.07, 6.45) is 3.87. The largest absolute Gasteiger partial charge is 0.246 e. The molecule has 312 valence electrons. The number of hydrogen-bond acceptors (Lipinski definition) is 6. The molecule has 0 unspecified atom stereocenters. The van der Waals surface area contributed by atoms with E-state index in [-0.39, 0.29) is 11.6 Å². The zero-order chi connectivity index (χ0) is 44.0. The van der Waals surface area contributed by atoms with Crippen LogP contribution in [0.5, 0.6) is 0 Å². The molecule has 0 fully saturated rings. The molecule has 6 nitrogen and oxygen atoms in total. The molecule has 6 aromatic carbocycles. The highest BCUT2D eigenvalue weighted by Crippen LogP contribution is 2.36. The first-order valence-electron chi connectivity index (χ1n) is 19.4. The Bertz CT molecular complexity index is 3160. The average molecular weight is 1020 g/mol. The summed E-state index contributed by atoms with van der Waals surface area (Å²) in [4.78, 5) is 12.5. The molecule has 0 aliphatic heterocycles. The van der Waals surface area contributed by atoms with Crippen LogP contribution in [0.25, 0.3) is 56.0 Å². The van der Waals surface area contributed by atoms with Crippen LogP contribution in [0.1, 0.15) is 11.1 Å². The third kappa shape index (κ3) is 11.2. The lowest BCUT2D eigenvalue weighted by Crippen LogP contribution is -1.95. The first-order chi connectivity index (χ1) is 30.4. The van der Waals surface area contributed by atoms with Crippen molar-refractivity contribution in [3.8, 4) is 34.2 Å². The van der Waals surface area contributed by atoms with Gasteiger partial charge in [0.2, 0.25) is 0 Å². The molecule has 13 heteroatoms. The van der Waals surface area contributed by atoms with Crippen LogP contribution in [0.4, 0.5) is 8.78 Å². The van der Waals surface area contributed by atoms with E-state index in [4.69, 9.17) is 38.3 Å². The van der Waals surface area contributed by atoms with Crippen molar-refractivity contribution in [3.63, 3.8) is 0 Å². The number of benzene rings is 6. The van der Waals surface area contributed by atoms with E-state index in [0.717, 1.165) is 79.2 Å². The normalized spacial score (nSPS) is 10.9. The fraction of sp³-hybridized carbons (Fsp3) is 0.0400. The highest BCUT2D eigenvalue weighted by molar-refractivity contribution is 14.1. The maximum atomic E-state index is 13.4. The highest BCUT2D eigenvalue weighted by Gasteiger charge is 2.16. The maximum absolute atomic E-state index is 13.4. The van der Waals surface area contributed by atoms with Crippen LogP contribution in [0, 0.1) is 29.1 Å². The van der Waals surface area contributed by atoms with Crippen molar-refractivity contribution in [3.05, 3.63) is 206 Å². The van der Waals surface area contributed by atoms with Crippen molar-refractivity contribution in [2.75, 3.05) is 0 Å². The molecule has 0 aliphatic carbocycles. The predicted molar refractivity (Wildman–Crippen MR) is 265 cm³/mol.